The van der Waals surface area contributed by atoms with Gasteiger partial charge in [-0.1, -0.05) is 6.92 Å². The Morgan fingerprint density at radius 1 is 1.50 bits per heavy atom. The van der Waals surface area contributed by atoms with Crippen molar-refractivity contribution < 1.29 is 34.0 Å². The van der Waals surface area contributed by atoms with E-state index in [1.54, 1.807) is 13.0 Å². The second-order valence-corrected chi connectivity index (χ2v) is 7.65. The predicted octanol–water partition coefficient (Wildman–Crippen LogP) is -0.267. The lowest BCUT2D eigenvalue weighted by molar-refractivity contribution is -0.244. The van der Waals surface area contributed by atoms with Gasteiger partial charge in [0.2, 0.25) is 0 Å². The molecule has 2 heterocycles. The van der Waals surface area contributed by atoms with Gasteiger partial charge in [-0.05, 0) is 25.0 Å². The molecule has 4 rings (SSSR count). The van der Waals surface area contributed by atoms with Gasteiger partial charge in [-0.15, -0.1) is 0 Å². The number of carbonyl (C=O) groups excluding carboxylic acids is 2. The number of rotatable bonds is 2. The molecule has 7 atom stereocenters. The Morgan fingerprint density at radius 3 is 2.71 bits per heavy atom. The molecule has 2 N–H and O–H groups in total. The molecule has 4 aliphatic rings. The molecule has 2 saturated heterocycles. The van der Waals surface area contributed by atoms with Crippen molar-refractivity contribution in [2.45, 2.75) is 57.2 Å². The summed E-state index contributed by atoms with van der Waals surface area (Å²) in [6, 6.07) is 0. The van der Waals surface area contributed by atoms with E-state index >= 15 is 0 Å². The van der Waals surface area contributed by atoms with Crippen LogP contribution in [-0.2, 0) is 23.8 Å². The molecule has 0 unspecified atom stereocenters. The maximum Gasteiger partial charge on any atom is 0.302 e. The van der Waals surface area contributed by atoms with Crippen LogP contribution in [0.4, 0.5) is 0 Å². The van der Waals surface area contributed by atoms with E-state index in [2.05, 4.69) is 0 Å². The van der Waals surface area contributed by atoms with E-state index in [1.807, 2.05) is 6.92 Å². The van der Waals surface area contributed by atoms with E-state index in [1.165, 1.54) is 6.92 Å². The zero-order chi connectivity index (χ0) is 17.5. The lowest BCUT2D eigenvalue weighted by Gasteiger charge is -2.58. The highest BCUT2D eigenvalue weighted by molar-refractivity contribution is 6.00. The molecule has 1 spiro atoms. The Kier molecular flexibility index (Phi) is 3.15. The Labute approximate surface area is 139 Å². The quantitative estimate of drug-likeness (QED) is 0.527. The van der Waals surface area contributed by atoms with Crippen LogP contribution in [0.25, 0.3) is 0 Å². The van der Waals surface area contributed by atoms with E-state index in [0.717, 1.165) is 0 Å². The maximum absolute atomic E-state index is 12.4. The molecule has 2 aliphatic carbocycles. The standard InChI is InChI=1S/C17H22O7/c1-8-4-11-16(6-18,13(21)12(8)20)15(3)5-10(23-9(2)19)14(24-11)17(15)7-22-17/h4,10-11,13-14,18,21H,5-7H2,1-3H3/t10-,11-,13-,14-,15-,16-,17-/m1/s1. The molecule has 0 aromatic rings. The van der Waals surface area contributed by atoms with Gasteiger partial charge in [-0.25, -0.2) is 0 Å². The fourth-order valence-corrected chi connectivity index (χ4v) is 5.30. The van der Waals surface area contributed by atoms with Crippen LogP contribution in [0, 0.1) is 10.8 Å². The summed E-state index contributed by atoms with van der Waals surface area (Å²) < 4.78 is 17.4. The number of aliphatic hydroxyl groups excluding tert-OH is 2. The predicted molar refractivity (Wildman–Crippen MR) is 79.9 cm³/mol. The van der Waals surface area contributed by atoms with Gasteiger partial charge < -0.3 is 24.4 Å². The summed E-state index contributed by atoms with van der Waals surface area (Å²) in [4.78, 5) is 23.9. The van der Waals surface area contributed by atoms with Crippen LogP contribution in [0.15, 0.2) is 11.6 Å². The van der Waals surface area contributed by atoms with Crippen molar-refractivity contribution in [1.29, 1.82) is 0 Å². The fraction of sp³-hybridized carbons (Fsp3) is 0.765. The molecule has 3 fully saturated rings. The van der Waals surface area contributed by atoms with E-state index in [9.17, 15) is 19.8 Å². The number of aliphatic hydroxyl groups is 2. The minimum atomic E-state index is -1.39. The molecule has 132 valence electrons. The SMILES string of the molecule is CC(=O)O[C@@H]1C[C@]2(C)[C@@]3(CO)[C@H](O)C(=O)C(C)=C[C@H]3O[C@H]1[C@]21CO1. The lowest BCUT2D eigenvalue weighted by atomic mass is 9.50. The molecular weight excluding hydrogens is 316 g/mol. The van der Waals surface area contributed by atoms with Crippen LogP contribution < -0.4 is 0 Å². The smallest absolute Gasteiger partial charge is 0.302 e. The van der Waals surface area contributed by atoms with Gasteiger partial charge >= 0.3 is 5.97 Å². The summed E-state index contributed by atoms with van der Waals surface area (Å²) >= 11 is 0. The van der Waals surface area contributed by atoms with Crippen LogP contribution >= 0.6 is 0 Å². The highest BCUT2D eigenvalue weighted by atomic mass is 16.7. The first kappa shape index (κ1) is 16.2. The number of hydrogen-bond donors (Lipinski definition) is 2. The van der Waals surface area contributed by atoms with Crippen molar-refractivity contribution >= 4 is 11.8 Å². The Hall–Kier alpha value is -1.28. The number of carbonyl (C=O) groups is 2. The second kappa shape index (κ2) is 4.66. The van der Waals surface area contributed by atoms with Gasteiger partial charge in [0.05, 0.1) is 24.7 Å². The average Bonchev–Trinajstić information content (AvgIpc) is 3.27. The molecule has 7 heteroatoms. The molecule has 7 nitrogen and oxygen atoms in total. The summed E-state index contributed by atoms with van der Waals surface area (Å²) in [5, 5.41) is 21.1. The Bertz CT molecular complexity index is 651. The van der Waals surface area contributed by atoms with Crippen LogP contribution in [0.3, 0.4) is 0 Å². The molecule has 0 radical (unpaired) electrons. The van der Waals surface area contributed by atoms with Gasteiger partial charge in [-0.3, -0.25) is 9.59 Å². The van der Waals surface area contributed by atoms with Gasteiger partial charge in [0, 0.05) is 12.3 Å². The minimum Gasteiger partial charge on any atom is -0.460 e. The third kappa shape index (κ3) is 1.57. The number of hydrogen-bond acceptors (Lipinski definition) is 7. The van der Waals surface area contributed by atoms with E-state index in [-0.39, 0.29) is 0 Å². The first-order chi connectivity index (χ1) is 11.2. The van der Waals surface area contributed by atoms with Gasteiger partial charge in [0.15, 0.2) is 5.78 Å². The first-order valence-electron chi connectivity index (χ1n) is 8.22. The van der Waals surface area contributed by atoms with Crippen molar-refractivity contribution in [2.24, 2.45) is 10.8 Å². The number of Topliss-reactive ketones (excluding diaryl/α,β-unsaturated/α-hetero) is 1. The molecule has 2 bridgehead atoms. The third-order valence-electron chi connectivity index (χ3n) is 6.73. The summed E-state index contributed by atoms with van der Waals surface area (Å²) in [5.74, 6) is -0.824. The van der Waals surface area contributed by atoms with Crippen molar-refractivity contribution in [1.82, 2.24) is 0 Å². The monoisotopic (exact) mass is 338 g/mol. The molecule has 1 saturated carbocycles. The Morgan fingerprint density at radius 2 is 2.17 bits per heavy atom. The maximum atomic E-state index is 12.4. The number of esters is 1. The topological polar surface area (TPSA) is 106 Å². The lowest BCUT2D eigenvalue weighted by Crippen LogP contribution is -2.70. The summed E-state index contributed by atoms with van der Waals surface area (Å²) in [5.41, 5.74) is -2.30. The summed E-state index contributed by atoms with van der Waals surface area (Å²) in [6.07, 6.45) is -0.991. The molecule has 0 amide bonds. The second-order valence-electron chi connectivity index (χ2n) is 7.65. The number of fused-ring (bicyclic) bond motifs is 2. The molecule has 0 aromatic heterocycles. The zero-order valence-corrected chi connectivity index (χ0v) is 13.9. The fourth-order valence-electron chi connectivity index (χ4n) is 5.30. The average molecular weight is 338 g/mol. The Balaban J connectivity index is 1.87. The van der Waals surface area contributed by atoms with Crippen LogP contribution in [0.5, 0.6) is 0 Å². The minimum absolute atomic E-state index is 0.367. The van der Waals surface area contributed by atoms with Crippen LogP contribution in [0.2, 0.25) is 0 Å². The highest BCUT2D eigenvalue weighted by Gasteiger charge is 2.83. The van der Waals surface area contributed by atoms with Crippen LogP contribution in [0.1, 0.15) is 27.2 Å². The first-order valence-corrected chi connectivity index (χ1v) is 8.22. The van der Waals surface area contributed by atoms with Crippen molar-refractivity contribution in [3.8, 4) is 0 Å². The zero-order valence-electron chi connectivity index (χ0n) is 13.9. The van der Waals surface area contributed by atoms with Gasteiger partial charge in [-0.2, -0.15) is 0 Å². The van der Waals surface area contributed by atoms with E-state index in [0.29, 0.717) is 18.6 Å². The van der Waals surface area contributed by atoms with Gasteiger partial charge in [0.1, 0.15) is 23.9 Å². The normalized spacial score (nSPS) is 52.0. The molecule has 0 aromatic carbocycles. The van der Waals surface area contributed by atoms with Crippen molar-refractivity contribution in [3.63, 3.8) is 0 Å². The largest absolute Gasteiger partial charge is 0.460 e. The van der Waals surface area contributed by atoms with Crippen LogP contribution in [-0.4, -0.2) is 65.2 Å². The summed E-state index contributed by atoms with van der Waals surface area (Å²) in [6.45, 7) is 4.83. The van der Waals surface area contributed by atoms with Gasteiger partial charge in [0.25, 0.3) is 0 Å². The highest BCUT2D eigenvalue weighted by Crippen LogP contribution is 2.71. The van der Waals surface area contributed by atoms with Crippen molar-refractivity contribution in [2.75, 3.05) is 13.2 Å². The number of ether oxygens (including phenoxy) is 3. The van der Waals surface area contributed by atoms with E-state index < -0.39 is 59.2 Å². The third-order valence-corrected chi connectivity index (χ3v) is 6.73. The molecular formula is C17H22O7. The van der Waals surface area contributed by atoms with Crippen molar-refractivity contribution in [3.05, 3.63) is 11.6 Å². The summed E-state index contributed by atoms with van der Waals surface area (Å²) in [7, 11) is 0. The number of ketones is 1. The molecule has 2 aliphatic heterocycles. The molecule has 24 heavy (non-hydrogen) atoms. The number of epoxide rings is 1. The van der Waals surface area contributed by atoms with E-state index in [4.69, 9.17) is 14.2 Å².